The van der Waals surface area contributed by atoms with Crippen molar-refractivity contribution in [2.45, 2.75) is 25.9 Å². The van der Waals surface area contributed by atoms with Crippen LogP contribution in [0.3, 0.4) is 0 Å². The van der Waals surface area contributed by atoms with Gasteiger partial charge in [-0.05, 0) is 24.1 Å². The molecule has 0 aromatic heterocycles. The highest BCUT2D eigenvalue weighted by molar-refractivity contribution is 7.92. The van der Waals surface area contributed by atoms with Crippen LogP contribution in [0, 0.1) is 0 Å². The van der Waals surface area contributed by atoms with Gasteiger partial charge in [0.2, 0.25) is 21.8 Å². The molecule has 0 unspecified atom stereocenters. The Balaban J connectivity index is 2.37. The molecule has 8 heteroatoms. The predicted octanol–water partition coefficient (Wildman–Crippen LogP) is 2.01. The summed E-state index contributed by atoms with van der Waals surface area (Å²) in [6.07, 6.45) is 1.47. The molecule has 0 aliphatic heterocycles. The van der Waals surface area contributed by atoms with Crippen molar-refractivity contribution in [1.82, 2.24) is 10.2 Å². The Morgan fingerprint density at radius 3 is 2.03 bits per heavy atom. The lowest BCUT2D eigenvalue weighted by molar-refractivity contribution is -0.140. The lowest BCUT2D eigenvalue weighted by Gasteiger charge is -2.32. The van der Waals surface area contributed by atoms with Gasteiger partial charge >= 0.3 is 0 Å². The van der Waals surface area contributed by atoms with E-state index in [1.807, 2.05) is 37.3 Å². The van der Waals surface area contributed by atoms with Crippen LogP contribution in [0.2, 0.25) is 0 Å². The number of carbonyl (C=O) groups is 2. The molecule has 0 saturated carbocycles. The van der Waals surface area contributed by atoms with Crippen LogP contribution in [0.25, 0.3) is 0 Å². The van der Waals surface area contributed by atoms with Crippen LogP contribution < -0.4 is 9.62 Å². The molecular formula is C21H27N3O4S. The monoisotopic (exact) mass is 417 g/mol. The van der Waals surface area contributed by atoms with E-state index in [2.05, 4.69) is 5.32 Å². The smallest absolute Gasteiger partial charge is 0.244 e. The quantitative estimate of drug-likeness (QED) is 0.676. The molecular weight excluding hydrogens is 390 g/mol. The van der Waals surface area contributed by atoms with E-state index in [1.165, 1.54) is 11.9 Å². The standard InChI is InChI=1S/C21H27N3O4S/c1-4-19(21(26)22-2)23(15-17-11-7-5-8-12-17)20(25)16-24(29(3,27)28)18-13-9-6-10-14-18/h5-14,19H,4,15-16H2,1-3H3,(H,22,26)/t19-/m1/s1. The number of hydrogen-bond donors (Lipinski definition) is 1. The normalized spacial score (nSPS) is 12.1. The Hall–Kier alpha value is -2.87. The summed E-state index contributed by atoms with van der Waals surface area (Å²) in [4.78, 5) is 27.1. The first-order chi connectivity index (χ1) is 13.8. The van der Waals surface area contributed by atoms with E-state index >= 15 is 0 Å². The molecule has 0 bridgehead atoms. The summed E-state index contributed by atoms with van der Waals surface area (Å²) >= 11 is 0. The minimum Gasteiger partial charge on any atom is -0.357 e. The highest BCUT2D eigenvalue weighted by atomic mass is 32.2. The van der Waals surface area contributed by atoms with E-state index in [9.17, 15) is 18.0 Å². The zero-order valence-electron chi connectivity index (χ0n) is 16.9. The van der Waals surface area contributed by atoms with Crippen molar-refractivity contribution in [3.05, 3.63) is 66.2 Å². The van der Waals surface area contributed by atoms with Crippen LogP contribution in [0.5, 0.6) is 0 Å². The van der Waals surface area contributed by atoms with Gasteiger partial charge < -0.3 is 10.2 Å². The lowest BCUT2D eigenvalue weighted by atomic mass is 10.1. The van der Waals surface area contributed by atoms with Gasteiger partial charge in [0.15, 0.2) is 0 Å². The molecule has 0 saturated heterocycles. The SMILES string of the molecule is CC[C@H](C(=O)NC)N(Cc1ccccc1)C(=O)CN(c1ccccc1)S(C)(=O)=O. The maximum Gasteiger partial charge on any atom is 0.244 e. The van der Waals surface area contributed by atoms with Crippen molar-refractivity contribution < 1.29 is 18.0 Å². The zero-order valence-corrected chi connectivity index (χ0v) is 17.7. The number of hydrogen-bond acceptors (Lipinski definition) is 4. The summed E-state index contributed by atoms with van der Waals surface area (Å²) in [5.74, 6) is -0.735. The van der Waals surface area contributed by atoms with E-state index < -0.39 is 22.0 Å². The molecule has 156 valence electrons. The van der Waals surface area contributed by atoms with Gasteiger partial charge in [0.25, 0.3) is 0 Å². The van der Waals surface area contributed by atoms with Crippen molar-refractivity contribution in [2.24, 2.45) is 0 Å². The van der Waals surface area contributed by atoms with Gasteiger partial charge in [-0.3, -0.25) is 13.9 Å². The molecule has 2 rings (SSSR count). The van der Waals surface area contributed by atoms with E-state index in [1.54, 1.807) is 30.3 Å². The van der Waals surface area contributed by atoms with Gasteiger partial charge in [0.05, 0.1) is 11.9 Å². The summed E-state index contributed by atoms with van der Waals surface area (Å²) < 4.78 is 25.8. The Morgan fingerprint density at radius 1 is 1.00 bits per heavy atom. The van der Waals surface area contributed by atoms with Crippen molar-refractivity contribution in [3.63, 3.8) is 0 Å². The second-order valence-electron chi connectivity index (χ2n) is 6.65. The molecule has 2 aromatic carbocycles. The fourth-order valence-electron chi connectivity index (χ4n) is 3.07. The topological polar surface area (TPSA) is 86.8 Å². The maximum atomic E-state index is 13.2. The Kier molecular flexibility index (Phi) is 7.78. The average molecular weight is 418 g/mol. The fourth-order valence-corrected chi connectivity index (χ4v) is 3.92. The zero-order chi connectivity index (χ0) is 21.4. The number of likely N-dealkylation sites (N-methyl/N-ethyl adjacent to an activating group) is 1. The van der Waals surface area contributed by atoms with Crippen LogP contribution >= 0.6 is 0 Å². The highest BCUT2D eigenvalue weighted by Crippen LogP contribution is 2.19. The number of anilines is 1. The molecule has 0 aliphatic rings. The number of para-hydroxylation sites is 1. The second-order valence-corrected chi connectivity index (χ2v) is 8.56. The first-order valence-corrected chi connectivity index (χ1v) is 11.2. The number of rotatable bonds is 9. The molecule has 0 radical (unpaired) electrons. The van der Waals surface area contributed by atoms with Gasteiger partial charge in [-0.2, -0.15) is 0 Å². The third-order valence-corrected chi connectivity index (χ3v) is 5.69. The summed E-state index contributed by atoms with van der Waals surface area (Å²) in [6.45, 7) is 1.64. The first kappa shape index (κ1) is 22.4. The third kappa shape index (κ3) is 6.05. The average Bonchev–Trinajstić information content (AvgIpc) is 2.72. The molecule has 2 aromatic rings. The summed E-state index contributed by atoms with van der Waals surface area (Å²) in [5, 5.41) is 2.59. The summed E-state index contributed by atoms with van der Waals surface area (Å²) in [5.41, 5.74) is 1.25. The predicted molar refractivity (Wildman–Crippen MR) is 114 cm³/mol. The summed E-state index contributed by atoms with van der Waals surface area (Å²) in [7, 11) is -2.18. The second kappa shape index (κ2) is 10.1. The van der Waals surface area contributed by atoms with E-state index in [4.69, 9.17) is 0 Å². The molecule has 1 N–H and O–H groups in total. The van der Waals surface area contributed by atoms with Crippen LogP contribution in [0.15, 0.2) is 60.7 Å². The molecule has 0 aliphatic carbocycles. The van der Waals surface area contributed by atoms with Gasteiger partial charge in [-0.1, -0.05) is 55.5 Å². The van der Waals surface area contributed by atoms with Crippen LogP contribution in [0.1, 0.15) is 18.9 Å². The molecule has 2 amide bonds. The van der Waals surface area contributed by atoms with Gasteiger partial charge in [-0.25, -0.2) is 8.42 Å². The first-order valence-electron chi connectivity index (χ1n) is 9.35. The van der Waals surface area contributed by atoms with E-state index in [-0.39, 0.29) is 19.0 Å². The Morgan fingerprint density at radius 2 is 1.55 bits per heavy atom. The minimum absolute atomic E-state index is 0.206. The number of nitrogens with one attached hydrogen (secondary N) is 1. The van der Waals surface area contributed by atoms with E-state index in [0.717, 1.165) is 16.1 Å². The van der Waals surface area contributed by atoms with Crippen LogP contribution in [0.4, 0.5) is 5.69 Å². The van der Waals surface area contributed by atoms with Gasteiger partial charge in [0.1, 0.15) is 12.6 Å². The van der Waals surface area contributed by atoms with E-state index in [0.29, 0.717) is 12.1 Å². The molecule has 0 heterocycles. The number of carbonyl (C=O) groups excluding carboxylic acids is 2. The molecule has 0 spiro atoms. The van der Waals surface area contributed by atoms with Crippen LogP contribution in [-0.2, 0) is 26.2 Å². The molecule has 29 heavy (non-hydrogen) atoms. The number of amides is 2. The van der Waals surface area contributed by atoms with Crippen molar-refractivity contribution in [3.8, 4) is 0 Å². The lowest BCUT2D eigenvalue weighted by Crippen LogP contribution is -2.51. The number of benzene rings is 2. The van der Waals surface area contributed by atoms with Crippen molar-refractivity contribution >= 4 is 27.5 Å². The molecule has 7 nitrogen and oxygen atoms in total. The Labute approximate surface area is 172 Å². The summed E-state index contributed by atoms with van der Waals surface area (Å²) in [6, 6.07) is 17.0. The van der Waals surface area contributed by atoms with Gasteiger partial charge in [0, 0.05) is 13.6 Å². The highest BCUT2D eigenvalue weighted by Gasteiger charge is 2.31. The molecule has 0 fully saturated rings. The number of sulfonamides is 1. The minimum atomic E-state index is -3.69. The Bertz CT molecular complexity index is 917. The molecule has 1 atom stereocenters. The maximum absolute atomic E-state index is 13.2. The third-order valence-electron chi connectivity index (χ3n) is 4.55. The fraction of sp³-hybridized carbons (Fsp3) is 0.333. The van der Waals surface area contributed by atoms with Crippen molar-refractivity contribution in [2.75, 3.05) is 24.2 Å². The van der Waals surface area contributed by atoms with Crippen molar-refractivity contribution in [1.29, 1.82) is 0 Å². The van der Waals surface area contributed by atoms with Crippen LogP contribution in [-0.4, -0.2) is 51.0 Å². The van der Waals surface area contributed by atoms with Gasteiger partial charge in [-0.15, -0.1) is 0 Å². The number of nitrogens with zero attached hydrogens (tertiary/aromatic N) is 2. The largest absolute Gasteiger partial charge is 0.357 e.